The molecule has 0 aliphatic carbocycles. The third-order valence-corrected chi connectivity index (χ3v) is 2.57. The Bertz CT molecular complexity index is 341. The SMILES string of the molecule is CC(CCCN)C(=O)Nc1cnc(Br)cn1. The van der Waals surface area contributed by atoms with Crippen molar-refractivity contribution in [1.29, 1.82) is 0 Å². The molecule has 1 heterocycles. The number of anilines is 1. The highest BCUT2D eigenvalue weighted by atomic mass is 79.9. The Kier molecular flexibility index (Phi) is 5.34. The molecule has 0 aliphatic heterocycles. The van der Waals surface area contributed by atoms with E-state index in [0.29, 0.717) is 17.0 Å². The highest BCUT2D eigenvalue weighted by Crippen LogP contribution is 2.10. The molecule has 6 heteroatoms. The smallest absolute Gasteiger partial charge is 0.228 e. The molecule has 88 valence electrons. The van der Waals surface area contributed by atoms with Crippen LogP contribution in [0.25, 0.3) is 0 Å². The molecule has 0 aliphatic rings. The van der Waals surface area contributed by atoms with E-state index in [4.69, 9.17) is 5.73 Å². The summed E-state index contributed by atoms with van der Waals surface area (Å²) < 4.78 is 0.640. The Morgan fingerprint density at radius 1 is 1.56 bits per heavy atom. The lowest BCUT2D eigenvalue weighted by Crippen LogP contribution is -2.21. The summed E-state index contributed by atoms with van der Waals surface area (Å²) in [5, 5.41) is 2.70. The summed E-state index contributed by atoms with van der Waals surface area (Å²) in [6.45, 7) is 2.48. The monoisotopic (exact) mass is 286 g/mol. The van der Waals surface area contributed by atoms with Gasteiger partial charge >= 0.3 is 0 Å². The maximum absolute atomic E-state index is 11.7. The number of hydrogen-bond donors (Lipinski definition) is 2. The minimum Gasteiger partial charge on any atom is -0.330 e. The van der Waals surface area contributed by atoms with Crippen LogP contribution in [0.5, 0.6) is 0 Å². The molecule has 0 spiro atoms. The van der Waals surface area contributed by atoms with Crippen molar-refractivity contribution < 1.29 is 4.79 Å². The van der Waals surface area contributed by atoms with Gasteiger partial charge in [0.2, 0.25) is 5.91 Å². The molecule has 1 aromatic rings. The van der Waals surface area contributed by atoms with Crippen molar-refractivity contribution in [3.05, 3.63) is 17.0 Å². The second kappa shape index (κ2) is 6.55. The zero-order valence-corrected chi connectivity index (χ0v) is 10.7. The van der Waals surface area contributed by atoms with Crippen LogP contribution >= 0.6 is 15.9 Å². The standard InChI is InChI=1S/C10H15BrN4O/c1-7(3-2-4-12)10(16)15-9-6-13-8(11)5-14-9/h5-7H,2-4,12H2,1H3,(H,14,15,16). The molecule has 5 nitrogen and oxygen atoms in total. The fourth-order valence-corrected chi connectivity index (χ4v) is 1.39. The van der Waals surface area contributed by atoms with Gasteiger partial charge in [0.05, 0.1) is 12.4 Å². The van der Waals surface area contributed by atoms with Crippen LogP contribution in [0.3, 0.4) is 0 Å². The van der Waals surface area contributed by atoms with Gasteiger partial charge in [0.1, 0.15) is 4.60 Å². The van der Waals surface area contributed by atoms with Crippen molar-refractivity contribution in [3.63, 3.8) is 0 Å². The van der Waals surface area contributed by atoms with Crippen LogP contribution in [0.2, 0.25) is 0 Å². The van der Waals surface area contributed by atoms with Crippen LogP contribution in [-0.4, -0.2) is 22.4 Å². The quantitative estimate of drug-likeness (QED) is 0.861. The number of nitrogens with one attached hydrogen (secondary N) is 1. The normalized spacial score (nSPS) is 12.2. The molecule has 0 radical (unpaired) electrons. The predicted molar refractivity (Wildman–Crippen MR) is 65.8 cm³/mol. The minimum atomic E-state index is -0.0611. The second-order valence-electron chi connectivity index (χ2n) is 3.55. The topological polar surface area (TPSA) is 80.9 Å². The van der Waals surface area contributed by atoms with Gasteiger partial charge in [-0.05, 0) is 35.3 Å². The number of nitrogens with two attached hydrogens (primary N) is 1. The van der Waals surface area contributed by atoms with E-state index >= 15 is 0 Å². The zero-order chi connectivity index (χ0) is 12.0. The number of nitrogens with zero attached hydrogens (tertiary/aromatic N) is 2. The van der Waals surface area contributed by atoms with Crippen LogP contribution in [0, 0.1) is 5.92 Å². The van der Waals surface area contributed by atoms with Crippen molar-refractivity contribution in [3.8, 4) is 0 Å². The molecular weight excluding hydrogens is 272 g/mol. The summed E-state index contributed by atoms with van der Waals surface area (Å²) in [4.78, 5) is 19.7. The maximum atomic E-state index is 11.7. The molecule has 0 fully saturated rings. The van der Waals surface area contributed by atoms with E-state index in [-0.39, 0.29) is 11.8 Å². The molecule has 0 saturated carbocycles. The van der Waals surface area contributed by atoms with Gasteiger partial charge in [0.15, 0.2) is 5.82 Å². The lowest BCUT2D eigenvalue weighted by atomic mass is 10.1. The molecule has 1 aromatic heterocycles. The van der Waals surface area contributed by atoms with Gasteiger partial charge in [-0.15, -0.1) is 0 Å². The summed E-state index contributed by atoms with van der Waals surface area (Å²) in [5.41, 5.74) is 5.39. The van der Waals surface area contributed by atoms with Crippen LogP contribution in [0.15, 0.2) is 17.0 Å². The van der Waals surface area contributed by atoms with E-state index in [2.05, 4.69) is 31.2 Å². The van der Waals surface area contributed by atoms with E-state index in [0.717, 1.165) is 12.8 Å². The summed E-state index contributed by atoms with van der Waals surface area (Å²) in [6, 6.07) is 0. The molecule has 0 saturated heterocycles. The number of rotatable bonds is 5. The number of carbonyl (C=O) groups excluding carboxylic acids is 1. The van der Waals surface area contributed by atoms with Crippen molar-refractivity contribution in [2.75, 3.05) is 11.9 Å². The van der Waals surface area contributed by atoms with Crippen LogP contribution in [0.4, 0.5) is 5.82 Å². The van der Waals surface area contributed by atoms with E-state index in [9.17, 15) is 4.79 Å². The van der Waals surface area contributed by atoms with Crippen molar-refractivity contribution >= 4 is 27.7 Å². The Morgan fingerprint density at radius 2 is 2.31 bits per heavy atom. The maximum Gasteiger partial charge on any atom is 0.228 e. The average molecular weight is 287 g/mol. The molecule has 1 unspecified atom stereocenters. The number of carbonyl (C=O) groups is 1. The third-order valence-electron chi connectivity index (χ3n) is 2.16. The van der Waals surface area contributed by atoms with Gasteiger partial charge < -0.3 is 11.1 Å². The Labute approximate surface area is 103 Å². The summed E-state index contributed by atoms with van der Waals surface area (Å²) in [7, 11) is 0. The second-order valence-corrected chi connectivity index (χ2v) is 4.36. The fraction of sp³-hybridized carbons (Fsp3) is 0.500. The number of halogens is 1. The molecule has 16 heavy (non-hydrogen) atoms. The van der Waals surface area contributed by atoms with Crippen molar-refractivity contribution in [1.82, 2.24) is 9.97 Å². The molecule has 0 aromatic carbocycles. The van der Waals surface area contributed by atoms with E-state index in [1.54, 1.807) is 6.20 Å². The van der Waals surface area contributed by atoms with Gasteiger partial charge in [-0.25, -0.2) is 9.97 Å². The van der Waals surface area contributed by atoms with Gasteiger partial charge in [-0.1, -0.05) is 6.92 Å². The summed E-state index contributed by atoms with van der Waals surface area (Å²) >= 11 is 3.17. The zero-order valence-electron chi connectivity index (χ0n) is 9.11. The van der Waals surface area contributed by atoms with Crippen molar-refractivity contribution in [2.45, 2.75) is 19.8 Å². The third kappa shape index (κ3) is 4.24. The molecule has 3 N–H and O–H groups in total. The Morgan fingerprint density at radius 3 is 2.88 bits per heavy atom. The van der Waals surface area contributed by atoms with Crippen molar-refractivity contribution in [2.24, 2.45) is 11.7 Å². The first-order valence-corrected chi connectivity index (χ1v) is 5.91. The summed E-state index contributed by atoms with van der Waals surface area (Å²) in [6.07, 6.45) is 4.69. The van der Waals surface area contributed by atoms with Crippen LogP contribution < -0.4 is 11.1 Å². The van der Waals surface area contributed by atoms with E-state index < -0.39 is 0 Å². The lowest BCUT2D eigenvalue weighted by Gasteiger charge is -2.10. The Balaban J connectivity index is 2.47. The average Bonchev–Trinajstić information content (AvgIpc) is 2.29. The minimum absolute atomic E-state index is 0.0509. The summed E-state index contributed by atoms with van der Waals surface area (Å²) in [5.74, 6) is 0.354. The van der Waals surface area contributed by atoms with E-state index in [1.807, 2.05) is 6.92 Å². The first-order valence-electron chi connectivity index (χ1n) is 5.12. The lowest BCUT2D eigenvalue weighted by molar-refractivity contribution is -0.119. The van der Waals surface area contributed by atoms with Crippen LogP contribution in [-0.2, 0) is 4.79 Å². The van der Waals surface area contributed by atoms with Gasteiger partial charge in [0, 0.05) is 5.92 Å². The molecule has 1 rings (SSSR count). The predicted octanol–water partition coefficient (Wildman–Crippen LogP) is 1.55. The number of hydrogen-bond acceptors (Lipinski definition) is 4. The van der Waals surface area contributed by atoms with E-state index in [1.165, 1.54) is 6.20 Å². The first kappa shape index (κ1) is 13.1. The van der Waals surface area contributed by atoms with Gasteiger partial charge in [0.25, 0.3) is 0 Å². The van der Waals surface area contributed by atoms with Crippen LogP contribution in [0.1, 0.15) is 19.8 Å². The molecule has 1 atom stereocenters. The first-order chi connectivity index (χ1) is 7.63. The fourth-order valence-electron chi connectivity index (χ4n) is 1.18. The highest BCUT2D eigenvalue weighted by molar-refractivity contribution is 9.10. The Hall–Kier alpha value is -1.01. The number of amides is 1. The van der Waals surface area contributed by atoms with Gasteiger partial charge in [-0.3, -0.25) is 4.79 Å². The largest absolute Gasteiger partial charge is 0.330 e. The van der Waals surface area contributed by atoms with Gasteiger partial charge in [-0.2, -0.15) is 0 Å². The number of aromatic nitrogens is 2. The molecule has 1 amide bonds. The molecule has 0 bridgehead atoms. The highest BCUT2D eigenvalue weighted by Gasteiger charge is 2.12. The molecular formula is C10H15BrN4O.